The first-order chi connectivity index (χ1) is 8.99. The van der Waals surface area contributed by atoms with Crippen LogP contribution in [0.15, 0.2) is 40.9 Å². The van der Waals surface area contributed by atoms with Crippen LogP contribution >= 0.6 is 27.5 Å². The largest absolute Gasteiger partial charge is 0.478 e. The van der Waals surface area contributed by atoms with Crippen molar-refractivity contribution in [2.24, 2.45) is 0 Å². The third kappa shape index (κ3) is 3.05. The number of carboxylic acid groups (broad SMARTS) is 1. The maximum absolute atomic E-state index is 13.7. The molecule has 3 nitrogen and oxygen atoms in total. The van der Waals surface area contributed by atoms with Crippen molar-refractivity contribution < 1.29 is 19.0 Å². The molecule has 2 rings (SSSR count). The van der Waals surface area contributed by atoms with E-state index in [-0.39, 0.29) is 22.1 Å². The SMILES string of the molecule is O=C(O)c1ccc(Br)cc1Oc1cccc(Cl)c1F. The molecule has 0 saturated carbocycles. The zero-order chi connectivity index (χ0) is 14.0. The maximum atomic E-state index is 13.7. The molecule has 0 fully saturated rings. The number of halogens is 3. The van der Waals surface area contributed by atoms with Crippen molar-refractivity contribution in [2.45, 2.75) is 0 Å². The van der Waals surface area contributed by atoms with Gasteiger partial charge >= 0.3 is 5.97 Å². The summed E-state index contributed by atoms with van der Waals surface area (Å²) < 4.78 is 19.6. The van der Waals surface area contributed by atoms with Gasteiger partial charge in [0.25, 0.3) is 0 Å². The van der Waals surface area contributed by atoms with Crippen LogP contribution in [-0.4, -0.2) is 11.1 Å². The number of ether oxygens (including phenoxy) is 1. The van der Waals surface area contributed by atoms with Crippen molar-refractivity contribution in [3.8, 4) is 11.5 Å². The molecule has 6 heteroatoms. The lowest BCUT2D eigenvalue weighted by Gasteiger charge is -2.10. The quantitative estimate of drug-likeness (QED) is 0.874. The highest BCUT2D eigenvalue weighted by Crippen LogP contribution is 2.32. The van der Waals surface area contributed by atoms with Gasteiger partial charge in [-0.3, -0.25) is 0 Å². The van der Waals surface area contributed by atoms with E-state index < -0.39 is 11.8 Å². The average Bonchev–Trinajstić information content (AvgIpc) is 2.35. The Balaban J connectivity index is 2.45. The van der Waals surface area contributed by atoms with Gasteiger partial charge in [0, 0.05) is 4.47 Å². The number of carboxylic acids is 1. The Bertz CT molecular complexity index is 646. The van der Waals surface area contributed by atoms with Crippen molar-refractivity contribution in [3.63, 3.8) is 0 Å². The summed E-state index contributed by atoms with van der Waals surface area (Å²) in [5.41, 5.74) is -0.0671. The summed E-state index contributed by atoms with van der Waals surface area (Å²) in [5, 5.41) is 8.95. The van der Waals surface area contributed by atoms with Gasteiger partial charge in [-0.05, 0) is 30.3 Å². The molecule has 0 saturated heterocycles. The highest BCUT2D eigenvalue weighted by molar-refractivity contribution is 9.10. The van der Waals surface area contributed by atoms with E-state index in [1.807, 2.05) is 0 Å². The fraction of sp³-hybridized carbons (Fsp3) is 0. The number of aromatic carboxylic acids is 1. The molecular weight excluding hydrogens is 338 g/mol. The molecule has 0 aliphatic rings. The van der Waals surface area contributed by atoms with Crippen molar-refractivity contribution in [1.82, 2.24) is 0 Å². The van der Waals surface area contributed by atoms with Gasteiger partial charge < -0.3 is 9.84 Å². The molecule has 0 radical (unpaired) electrons. The summed E-state index contributed by atoms with van der Waals surface area (Å²) in [4.78, 5) is 11.1. The number of rotatable bonds is 3. The van der Waals surface area contributed by atoms with E-state index in [1.54, 1.807) is 6.07 Å². The molecule has 1 N–H and O–H groups in total. The summed E-state index contributed by atoms with van der Waals surface area (Å²) in [6.45, 7) is 0. The lowest BCUT2D eigenvalue weighted by atomic mass is 10.2. The van der Waals surface area contributed by atoms with Gasteiger partial charge in [0.1, 0.15) is 11.3 Å². The molecule has 2 aromatic carbocycles. The highest BCUT2D eigenvalue weighted by Gasteiger charge is 2.15. The number of carbonyl (C=O) groups is 1. The zero-order valence-electron chi connectivity index (χ0n) is 9.36. The van der Waals surface area contributed by atoms with Crippen molar-refractivity contribution in [3.05, 3.63) is 57.3 Å². The first-order valence-corrected chi connectivity index (χ1v) is 6.31. The minimum Gasteiger partial charge on any atom is -0.478 e. The molecule has 0 spiro atoms. The Morgan fingerprint density at radius 3 is 2.68 bits per heavy atom. The van der Waals surface area contributed by atoms with Crippen molar-refractivity contribution in [2.75, 3.05) is 0 Å². The molecule has 0 aliphatic heterocycles. The van der Waals surface area contributed by atoms with Crippen LogP contribution in [0.2, 0.25) is 5.02 Å². The third-order valence-electron chi connectivity index (χ3n) is 2.31. The molecule has 0 amide bonds. The van der Waals surface area contributed by atoms with Gasteiger partial charge in [-0.1, -0.05) is 33.6 Å². The minimum atomic E-state index is -1.16. The normalized spacial score (nSPS) is 10.3. The van der Waals surface area contributed by atoms with Crippen LogP contribution in [0.25, 0.3) is 0 Å². The number of hydrogen-bond donors (Lipinski definition) is 1. The maximum Gasteiger partial charge on any atom is 0.339 e. The monoisotopic (exact) mass is 344 g/mol. The lowest BCUT2D eigenvalue weighted by molar-refractivity contribution is 0.0694. The average molecular weight is 346 g/mol. The van der Waals surface area contributed by atoms with Gasteiger partial charge in [0.2, 0.25) is 0 Å². The standard InChI is InChI=1S/C13H7BrClFO3/c14-7-4-5-8(13(17)18)11(6-7)19-10-3-1-2-9(15)12(10)16/h1-6H,(H,17,18). The lowest BCUT2D eigenvalue weighted by Crippen LogP contribution is -2.00. The summed E-state index contributed by atoms with van der Waals surface area (Å²) in [6.07, 6.45) is 0. The van der Waals surface area contributed by atoms with Crippen molar-refractivity contribution in [1.29, 1.82) is 0 Å². The van der Waals surface area contributed by atoms with Crippen LogP contribution in [0, 0.1) is 5.82 Å². The predicted octanol–water partition coefficient (Wildman–Crippen LogP) is 4.73. The Morgan fingerprint density at radius 2 is 2.00 bits per heavy atom. The van der Waals surface area contributed by atoms with Crippen LogP contribution in [-0.2, 0) is 0 Å². The molecule has 0 heterocycles. The molecule has 98 valence electrons. The fourth-order valence-electron chi connectivity index (χ4n) is 1.44. The smallest absolute Gasteiger partial charge is 0.339 e. The third-order valence-corrected chi connectivity index (χ3v) is 3.10. The van der Waals surface area contributed by atoms with Crippen LogP contribution < -0.4 is 4.74 Å². The zero-order valence-corrected chi connectivity index (χ0v) is 11.7. The van der Waals surface area contributed by atoms with Crippen molar-refractivity contribution >= 4 is 33.5 Å². The van der Waals surface area contributed by atoms with Gasteiger partial charge in [0.05, 0.1) is 5.02 Å². The molecular formula is C13H7BrClFO3. The molecule has 0 unspecified atom stereocenters. The topological polar surface area (TPSA) is 46.5 Å². The molecule has 0 bridgehead atoms. The molecule has 0 atom stereocenters. The number of hydrogen-bond acceptors (Lipinski definition) is 2. The Kier molecular flexibility index (Phi) is 4.07. The Hall–Kier alpha value is -1.59. The second-order valence-electron chi connectivity index (χ2n) is 3.60. The van der Waals surface area contributed by atoms with E-state index in [4.69, 9.17) is 21.4 Å². The summed E-state index contributed by atoms with van der Waals surface area (Å²) >= 11 is 8.83. The number of benzene rings is 2. The molecule has 19 heavy (non-hydrogen) atoms. The molecule has 2 aromatic rings. The minimum absolute atomic E-state index is 0.0306. The van der Waals surface area contributed by atoms with E-state index in [2.05, 4.69) is 15.9 Å². The molecule has 0 aliphatic carbocycles. The first-order valence-electron chi connectivity index (χ1n) is 5.13. The van der Waals surface area contributed by atoms with Crippen LogP contribution in [0.4, 0.5) is 4.39 Å². The van der Waals surface area contributed by atoms with E-state index in [0.29, 0.717) is 4.47 Å². The summed E-state index contributed by atoms with van der Waals surface area (Å²) in [6, 6.07) is 8.63. The van der Waals surface area contributed by atoms with E-state index in [9.17, 15) is 9.18 Å². The fourth-order valence-corrected chi connectivity index (χ4v) is 1.94. The Labute approximate surface area is 121 Å². The Morgan fingerprint density at radius 1 is 1.26 bits per heavy atom. The summed E-state index contributed by atoms with van der Waals surface area (Å²) in [5.74, 6) is -2.00. The summed E-state index contributed by atoms with van der Waals surface area (Å²) in [7, 11) is 0. The van der Waals surface area contributed by atoms with Gasteiger partial charge in [-0.15, -0.1) is 0 Å². The second-order valence-corrected chi connectivity index (χ2v) is 4.92. The molecule has 0 aromatic heterocycles. The van der Waals surface area contributed by atoms with Gasteiger partial charge in [-0.2, -0.15) is 0 Å². The van der Waals surface area contributed by atoms with Crippen LogP contribution in [0.3, 0.4) is 0 Å². The van der Waals surface area contributed by atoms with E-state index in [0.717, 1.165) is 0 Å². The first kappa shape index (κ1) is 13.8. The predicted molar refractivity (Wildman–Crippen MR) is 72.6 cm³/mol. The van der Waals surface area contributed by atoms with Crippen LogP contribution in [0.1, 0.15) is 10.4 Å². The second kappa shape index (κ2) is 5.59. The van der Waals surface area contributed by atoms with E-state index >= 15 is 0 Å². The van der Waals surface area contributed by atoms with Crippen LogP contribution in [0.5, 0.6) is 11.5 Å². The highest BCUT2D eigenvalue weighted by atomic mass is 79.9. The van der Waals surface area contributed by atoms with E-state index in [1.165, 1.54) is 30.3 Å². The van der Waals surface area contributed by atoms with Gasteiger partial charge in [0.15, 0.2) is 11.6 Å². The van der Waals surface area contributed by atoms with Gasteiger partial charge in [-0.25, -0.2) is 9.18 Å².